The molecule has 3 N–H and O–H groups in total. The highest BCUT2D eigenvalue weighted by Crippen LogP contribution is 2.29. The van der Waals surface area contributed by atoms with Crippen LogP contribution in [0.15, 0.2) is 18.2 Å². The van der Waals surface area contributed by atoms with E-state index in [1.54, 1.807) is 0 Å². The number of hydrogen-bond acceptors (Lipinski definition) is 6. The van der Waals surface area contributed by atoms with Gasteiger partial charge in [-0.1, -0.05) is 13.3 Å². The van der Waals surface area contributed by atoms with E-state index in [0.29, 0.717) is 18.6 Å². The summed E-state index contributed by atoms with van der Waals surface area (Å²) in [5.74, 6) is -1.32. The normalized spacial score (nSPS) is 13.0. The summed E-state index contributed by atoms with van der Waals surface area (Å²) >= 11 is 0. The van der Waals surface area contributed by atoms with Gasteiger partial charge in [0, 0.05) is 0 Å². The number of nitro groups is 1. The minimum absolute atomic E-state index is 0.0156. The third-order valence-corrected chi connectivity index (χ3v) is 3.38. The summed E-state index contributed by atoms with van der Waals surface area (Å²) in [6.45, 7) is 3.33. The maximum atomic E-state index is 12.2. The van der Waals surface area contributed by atoms with Crippen LogP contribution in [0.3, 0.4) is 0 Å². The molecule has 1 amide bonds. The lowest BCUT2D eigenvalue weighted by Crippen LogP contribution is -2.47. The van der Waals surface area contributed by atoms with Crippen molar-refractivity contribution in [2.45, 2.75) is 38.8 Å². The summed E-state index contributed by atoms with van der Waals surface area (Å²) in [6, 6.07) is 2.35. The molecule has 0 saturated carbocycles. The van der Waals surface area contributed by atoms with Crippen molar-refractivity contribution in [3.63, 3.8) is 0 Å². The van der Waals surface area contributed by atoms with Gasteiger partial charge in [-0.25, -0.2) is 0 Å². The lowest BCUT2D eigenvalue weighted by Gasteiger charge is -2.19. The Balaban J connectivity index is 2.86. The van der Waals surface area contributed by atoms with Gasteiger partial charge in [-0.15, -0.1) is 0 Å². The maximum absolute atomic E-state index is 12.2. The maximum Gasteiger partial charge on any atom is 0.320 e. The van der Waals surface area contributed by atoms with E-state index in [2.05, 4.69) is 10.6 Å². The third-order valence-electron chi connectivity index (χ3n) is 3.38. The number of carbonyl (C=O) groups excluding carboxylic acids is 1. The molecule has 1 aromatic carbocycles. The van der Waals surface area contributed by atoms with Gasteiger partial charge in [-0.3, -0.25) is 25.0 Å². The van der Waals surface area contributed by atoms with Crippen molar-refractivity contribution in [1.82, 2.24) is 5.32 Å². The van der Waals surface area contributed by atoms with Crippen LogP contribution in [-0.4, -0.2) is 41.1 Å². The van der Waals surface area contributed by atoms with Crippen molar-refractivity contribution in [2.75, 3.05) is 12.4 Å². The van der Waals surface area contributed by atoms with Crippen LogP contribution in [0.25, 0.3) is 0 Å². The highest BCUT2D eigenvalue weighted by Gasteiger charge is 2.24. The van der Waals surface area contributed by atoms with Crippen LogP contribution >= 0.6 is 0 Å². The zero-order valence-corrected chi connectivity index (χ0v) is 13.7. The van der Waals surface area contributed by atoms with Gasteiger partial charge in [-0.05, 0) is 25.5 Å². The molecular weight excluding hydrogens is 318 g/mol. The first-order valence-electron chi connectivity index (χ1n) is 7.42. The second kappa shape index (κ2) is 8.82. The van der Waals surface area contributed by atoms with E-state index in [0.717, 1.165) is 0 Å². The highest BCUT2D eigenvalue weighted by molar-refractivity contribution is 5.97. The minimum atomic E-state index is -1.05. The summed E-state index contributed by atoms with van der Waals surface area (Å²) in [5.41, 5.74) is -0.292. The number of amides is 1. The molecule has 2 atom stereocenters. The molecule has 0 radical (unpaired) electrons. The van der Waals surface area contributed by atoms with E-state index in [-0.39, 0.29) is 11.4 Å². The number of anilines is 1. The molecular formula is C15H21N3O6. The number of benzene rings is 1. The SMILES string of the molecule is CCCC(NC(C)C(=O)Nc1ccc(OC)cc1[N+](=O)[O-])C(=O)O. The molecule has 0 bridgehead atoms. The van der Waals surface area contributed by atoms with Crippen molar-refractivity contribution in [2.24, 2.45) is 0 Å². The number of carboxylic acid groups (broad SMARTS) is 1. The first-order valence-corrected chi connectivity index (χ1v) is 7.42. The monoisotopic (exact) mass is 339 g/mol. The second-order valence-electron chi connectivity index (χ2n) is 5.20. The number of rotatable bonds is 9. The second-order valence-corrected chi connectivity index (χ2v) is 5.20. The predicted molar refractivity (Wildman–Crippen MR) is 87.2 cm³/mol. The van der Waals surface area contributed by atoms with E-state index in [9.17, 15) is 19.7 Å². The first kappa shape index (κ1) is 19.4. The van der Waals surface area contributed by atoms with Crippen LogP contribution in [0.5, 0.6) is 5.75 Å². The molecule has 132 valence electrons. The lowest BCUT2D eigenvalue weighted by atomic mass is 10.1. The van der Waals surface area contributed by atoms with Crippen LogP contribution < -0.4 is 15.4 Å². The number of carbonyl (C=O) groups is 2. The highest BCUT2D eigenvalue weighted by atomic mass is 16.6. The van der Waals surface area contributed by atoms with Crippen LogP contribution in [0, 0.1) is 10.1 Å². The number of aliphatic carboxylic acids is 1. The van der Waals surface area contributed by atoms with Crippen LogP contribution in [0.2, 0.25) is 0 Å². The lowest BCUT2D eigenvalue weighted by molar-refractivity contribution is -0.384. The Bertz CT molecular complexity index is 619. The summed E-state index contributed by atoms with van der Waals surface area (Å²) in [4.78, 5) is 33.8. The topological polar surface area (TPSA) is 131 Å². The number of nitrogens with one attached hydrogen (secondary N) is 2. The zero-order valence-electron chi connectivity index (χ0n) is 13.7. The molecule has 0 aliphatic rings. The Morgan fingerprint density at radius 2 is 2.08 bits per heavy atom. The number of ether oxygens (including phenoxy) is 1. The van der Waals surface area contributed by atoms with Crippen LogP contribution in [-0.2, 0) is 9.59 Å². The van der Waals surface area contributed by atoms with Crippen molar-refractivity contribution >= 4 is 23.3 Å². The zero-order chi connectivity index (χ0) is 18.3. The van der Waals surface area contributed by atoms with E-state index < -0.39 is 28.9 Å². The van der Waals surface area contributed by atoms with Crippen molar-refractivity contribution in [1.29, 1.82) is 0 Å². The summed E-state index contributed by atoms with van der Waals surface area (Å²) in [6.07, 6.45) is 1.01. The number of nitro benzene ring substituents is 1. The number of carboxylic acids is 1. The quantitative estimate of drug-likeness (QED) is 0.461. The van der Waals surface area contributed by atoms with E-state index in [1.807, 2.05) is 6.92 Å². The molecule has 0 aliphatic carbocycles. The van der Waals surface area contributed by atoms with Crippen molar-refractivity contribution < 1.29 is 24.4 Å². The van der Waals surface area contributed by atoms with Gasteiger partial charge in [-0.2, -0.15) is 0 Å². The molecule has 9 heteroatoms. The van der Waals surface area contributed by atoms with Gasteiger partial charge in [0.2, 0.25) is 5.91 Å². The number of methoxy groups -OCH3 is 1. The largest absolute Gasteiger partial charge is 0.496 e. The van der Waals surface area contributed by atoms with Crippen molar-refractivity contribution in [3.8, 4) is 5.75 Å². The average molecular weight is 339 g/mol. The Hall–Kier alpha value is -2.68. The average Bonchev–Trinajstić information content (AvgIpc) is 2.54. The molecule has 9 nitrogen and oxygen atoms in total. The summed E-state index contributed by atoms with van der Waals surface area (Å²) < 4.78 is 4.92. The Morgan fingerprint density at radius 3 is 2.58 bits per heavy atom. The minimum Gasteiger partial charge on any atom is -0.496 e. The summed E-state index contributed by atoms with van der Waals surface area (Å²) in [7, 11) is 1.38. The van der Waals surface area contributed by atoms with Gasteiger partial charge >= 0.3 is 5.97 Å². The van der Waals surface area contributed by atoms with E-state index in [1.165, 1.54) is 32.2 Å². The number of nitrogens with zero attached hydrogens (tertiary/aromatic N) is 1. The standard InChI is InChI=1S/C15H21N3O6/c1-4-5-12(15(20)21)16-9(2)14(19)17-11-7-6-10(24-3)8-13(11)18(22)23/h6-9,12,16H,4-5H2,1-3H3,(H,17,19)(H,20,21). The fourth-order valence-corrected chi connectivity index (χ4v) is 2.08. The van der Waals surface area contributed by atoms with Gasteiger partial charge in [0.15, 0.2) is 0 Å². The molecule has 0 saturated heterocycles. The smallest absolute Gasteiger partial charge is 0.320 e. The molecule has 2 unspecified atom stereocenters. The third kappa shape index (κ3) is 5.20. The van der Waals surface area contributed by atoms with Crippen LogP contribution in [0.4, 0.5) is 11.4 Å². The number of hydrogen-bond donors (Lipinski definition) is 3. The molecule has 1 aromatic rings. The van der Waals surface area contributed by atoms with Crippen LogP contribution in [0.1, 0.15) is 26.7 Å². The van der Waals surface area contributed by atoms with Gasteiger partial charge in [0.1, 0.15) is 17.5 Å². The Kier molecular flexibility index (Phi) is 7.12. The first-order chi connectivity index (χ1) is 11.3. The van der Waals surface area contributed by atoms with E-state index >= 15 is 0 Å². The molecule has 0 spiro atoms. The Morgan fingerprint density at radius 1 is 1.42 bits per heavy atom. The van der Waals surface area contributed by atoms with Gasteiger partial charge < -0.3 is 15.2 Å². The van der Waals surface area contributed by atoms with E-state index in [4.69, 9.17) is 9.84 Å². The molecule has 0 fully saturated rings. The molecule has 0 heterocycles. The predicted octanol–water partition coefficient (Wildman–Crippen LogP) is 1.77. The van der Waals surface area contributed by atoms with Gasteiger partial charge in [0.05, 0.1) is 24.1 Å². The summed E-state index contributed by atoms with van der Waals surface area (Å²) in [5, 5.41) is 25.3. The fourth-order valence-electron chi connectivity index (χ4n) is 2.08. The van der Waals surface area contributed by atoms with Gasteiger partial charge in [0.25, 0.3) is 5.69 Å². The molecule has 0 aromatic heterocycles. The Labute approximate surface area is 139 Å². The molecule has 0 aliphatic heterocycles. The molecule has 1 rings (SSSR count). The molecule has 24 heavy (non-hydrogen) atoms. The fraction of sp³-hybridized carbons (Fsp3) is 0.467. The van der Waals surface area contributed by atoms with Crippen molar-refractivity contribution in [3.05, 3.63) is 28.3 Å².